The van der Waals surface area contributed by atoms with E-state index in [9.17, 15) is 9.90 Å². The second-order valence-electron chi connectivity index (χ2n) is 5.82. The van der Waals surface area contributed by atoms with Crippen molar-refractivity contribution in [3.05, 3.63) is 28.8 Å². The van der Waals surface area contributed by atoms with E-state index in [1.807, 2.05) is 26.0 Å². The van der Waals surface area contributed by atoms with Gasteiger partial charge >= 0.3 is 6.03 Å². The van der Waals surface area contributed by atoms with Crippen molar-refractivity contribution < 1.29 is 9.90 Å². The number of aryl methyl sites for hydroxylation is 1. The zero-order chi connectivity index (χ0) is 14.8. The van der Waals surface area contributed by atoms with E-state index >= 15 is 0 Å². The minimum atomic E-state index is -0.253. The summed E-state index contributed by atoms with van der Waals surface area (Å²) >= 11 is 6.03. The average Bonchev–Trinajstić information content (AvgIpc) is 2.76. The number of aliphatic hydroxyl groups is 1. The van der Waals surface area contributed by atoms with Gasteiger partial charge in [0.25, 0.3) is 0 Å². The van der Waals surface area contributed by atoms with E-state index in [-0.39, 0.29) is 24.1 Å². The summed E-state index contributed by atoms with van der Waals surface area (Å²) in [7, 11) is 0. The summed E-state index contributed by atoms with van der Waals surface area (Å²) in [4.78, 5) is 12.0. The number of halogens is 1. The van der Waals surface area contributed by atoms with Crippen molar-refractivity contribution in [1.82, 2.24) is 5.32 Å². The van der Waals surface area contributed by atoms with Crippen molar-refractivity contribution in [2.24, 2.45) is 5.41 Å². The van der Waals surface area contributed by atoms with E-state index in [2.05, 4.69) is 10.6 Å². The van der Waals surface area contributed by atoms with Crippen LogP contribution in [0.5, 0.6) is 0 Å². The van der Waals surface area contributed by atoms with Gasteiger partial charge in [0.15, 0.2) is 0 Å². The molecular formula is C15H21ClN2O2. The Bertz CT molecular complexity index is 507. The van der Waals surface area contributed by atoms with E-state index < -0.39 is 0 Å². The van der Waals surface area contributed by atoms with Gasteiger partial charge in [0, 0.05) is 22.2 Å². The number of rotatable bonds is 3. The van der Waals surface area contributed by atoms with Gasteiger partial charge < -0.3 is 15.7 Å². The summed E-state index contributed by atoms with van der Waals surface area (Å²) in [5, 5.41) is 15.8. The molecule has 0 saturated heterocycles. The van der Waals surface area contributed by atoms with Crippen molar-refractivity contribution in [3.8, 4) is 0 Å². The molecule has 1 aromatic rings. The van der Waals surface area contributed by atoms with Gasteiger partial charge in [-0.05, 0) is 37.5 Å². The fourth-order valence-electron chi connectivity index (χ4n) is 2.66. The second kappa shape index (κ2) is 6.02. The molecule has 0 bridgehead atoms. The maximum absolute atomic E-state index is 12.0. The second-order valence-corrected chi connectivity index (χ2v) is 6.23. The molecule has 5 heteroatoms. The van der Waals surface area contributed by atoms with Crippen LogP contribution in [-0.4, -0.2) is 23.8 Å². The lowest BCUT2D eigenvalue weighted by Gasteiger charge is -2.30. The van der Waals surface area contributed by atoms with Gasteiger partial charge in [-0.2, -0.15) is 0 Å². The Hall–Kier alpha value is -1.26. The van der Waals surface area contributed by atoms with E-state index in [0.717, 1.165) is 24.8 Å². The zero-order valence-corrected chi connectivity index (χ0v) is 12.6. The van der Waals surface area contributed by atoms with Gasteiger partial charge in [0.05, 0.1) is 6.61 Å². The molecule has 2 rings (SSSR count). The number of amides is 2. The Morgan fingerprint density at radius 1 is 1.55 bits per heavy atom. The monoisotopic (exact) mass is 296 g/mol. The summed E-state index contributed by atoms with van der Waals surface area (Å²) in [5.41, 5.74) is 1.42. The summed E-state index contributed by atoms with van der Waals surface area (Å²) in [6.07, 6.45) is 2.86. The number of hydrogen-bond donors (Lipinski definition) is 3. The first kappa shape index (κ1) is 15.1. The average molecular weight is 297 g/mol. The highest BCUT2D eigenvalue weighted by molar-refractivity contribution is 6.31. The van der Waals surface area contributed by atoms with Crippen LogP contribution in [-0.2, 0) is 0 Å². The summed E-state index contributed by atoms with van der Waals surface area (Å²) in [6, 6.07) is 5.17. The molecule has 1 aromatic carbocycles. The van der Waals surface area contributed by atoms with Crippen LogP contribution in [0.1, 0.15) is 31.7 Å². The molecule has 110 valence electrons. The van der Waals surface area contributed by atoms with Crippen LogP contribution in [0.25, 0.3) is 0 Å². The molecular weight excluding hydrogens is 276 g/mol. The number of hydrogen-bond acceptors (Lipinski definition) is 2. The highest BCUT2D eigenvalue weighted by atomic mass is 35.5. The van der Waals surface area contributed by atoms with E-state index in [0.29, 0.717) is 10.7 Å². The number of nitrogens with one attached hydrogen (secondary N) is 2. The Morgan fingerprint density at radius 3 is 2.95 bits per heavy atom. The largest absolute Gasteiger partial charge is 0.396 e. The van der Waals surface area contributed by atoms with E-state index in [4.69, 9.17) is 11.6 Å². The molecule has 3 N–H and O–H groups in total. The SMILES string of the molecule is Cc1ccc(NC(=O)NC2CCCC2(C)CO)cc1Cl. The predicted octanol–water partition coefficient (Wildman–Crippen LogP) is 3.32. The van der Waals surface area contributed by atoms with Crippen molar-refractivity contribution >= 4 is 23.3 Å². The van der Waals surface area contributed by atoms with Gasteiger partial charge in [0.2, 0.25) is 0 Å². The molecule has 1 saturated carbocycles. The lowest BCUT2D eigenvalue weighted by molar-refractivity contribution is 0.122. The first-order chi connectivity index (χ1) is 9.44. The lowest BCUT2D eigenvalue weighted by Crippen LogP contribution is -2.46. The summed E-state index contributed by atoms with van der Waals surface area (Å²) in [6.45, 7) is 4.01. The number of carbonyl (C=O) groups excluding carboxylic acids is 1. The van der Waals surface area contributed by atoms with Crippen LogP contribution in [0.3, 0.4) is 0 Å². The lowest BCUT2D eigenvalue weighted by atomic mass is 9.86. The van der Waals surface area contributed by atoms with Crippen LogP contribution >= 0.6 is 11.6 Å². The third-order valence-electron chi connectivity index (χ3n) is 4.18. The molecule has 1 aliphatic rings. The quantitative estimate of drug-likeness (QED) is 0.801. The highest BCUT2D eigenvalue weighted by Gasteiger charge is 2.39. The van der Waals surface area contributed by atoms with Gasteiger partial charge in [-0.3, -0.25) is 0 Å². The van der Waals surface area contributed by atoms with Crippen LogP contribution in [0, 0.1) is 12.3 Å². The topological polar surface area (TPSA) is 61.4 Å². The highest BCUT2D eigenvalue weighted by Crippen LogP contribution is 2.37. The smallest absolute Gasteiger partial charge is 0.319 e. The Labute approximate surface area is 124 Å². The molecule has 2 amide bonds. The fourth-order valence-corrected chi connectivity index (χ4v) is 2.84. The zero-order valence-electron chi connectivity index (χ0n) is 11.9. The molecule has 2 atom stereocenters. The van der Waals surface area contributed by atoms with Crippen LogP contribution in [0.15, 0.2) is 18.2 Å². The molecule has 0 spiro atoms. The van der Waals surface area contributed by atoms with Gasteiger partial charge in [-0.1, -0.05) is 31.0 Å². The molecule has 0 heterocycles. The third-order valence-corrected chi connectivity index (χ3v) is 4.59. The number of urea groups is 1. The van der Waals surface area contributed by atoms with Crippen molar-refractivity contribution in [1.29, 1.82) is 0 Å². The number of aliphatic hydroxyl groups excluding tert-OH is 1. The Morgan fingerprint density at radius 2 is 2.30 bits per heavy atom. The summed E-state index contributed by atoms with van der Waals surface area (Å²) in [5.74, 6) is 0. The first-order valence-corrected chi connectivity index (χ1v) is 7.27. The maximum Gasteiger partial charge on any atom is 0.319 e. The molecule has 0 aromatic heterocycles. The minimum Gasteiger partial charge on any atom is -0.396 e. The molecule has 0 aliphatic heterocycles. The number of benzene rings is 1. The van der Waals surface area contributed by atoms with Crippen molar-refractivity contribution in [2.45, 2.75) is 39.2 Å². The summed E-state index contributed by atoms with van der Waals surface area (Å²) < 4.78 is 0. The standard InChI is InChI=1S/C15H21ClN2O2/c1-10-5-6-11(8-12(10)16)17-14(20)18-13-4-3-7-15(13,2)9-19/h5-6,8,13,19H,3-4,7,9H2,1-2H3,(H2,17,18,20). The van der Waals surface area contributed by atoms with Gasteiger partial charge in [-0.25, -0.2) is 4.79 Å². The molecule has 2 unspecified atom stereocenters. The van der Waals surface area contributed by atoms with Crippen LogP contribution < -0.4 is 10.6 Å². The first-order valence-electron chi connectivity index (χ1n) is 6.89. The minimum absolute atomic E-state index is 0.00780. The third kappa shape index (κ3) is 3.25. The normalized spacial score (nSPS) is 25.5. The van der Waals surface area contributed by atoms with E-state index in [1.165, 1.54) is 0 Å². The van der Waals surface area contributed by atoms with Crippen molar-refractivity contribution in [2.75, 3.05) is 11.9 Å². The predicted molar refractivity (Wildman–Crippen MR) is 81.2 cm³/mol. The maximum atomic E-state index is 12.0. The molecule has 0 radical (unpaired) electrons. The Balaban J connectivity index is 1.97. The molecule has 4 nitrogen and oxygen atoms in total. The number of anilines is 1. The Kier molecular flexibility index (Phi) is 4.55. The molecule has 1 fully saturated rings. The van der Waals surface area contributed by atoms with Crippen LogP contribution in [0.4, 0.5) is 10.5 Å². The molecule has 20 heavy (non-hydrogen) atoms. The van der Waals surface area contributed by atoms with Crippen molar-refractivity contribution in [3.63, 3.8) is 0 Å². The van der Waals surface area contributed by atoms with Crippen LogP contribution in [0.2, 0.25) is 5.02 Å². The van der Waals surface area contributed by atoms with E-state index in [1.54, 1.807) is 6.07 Å². The number of carbonyl (C=O) groups is 1. The van der Waals surface area contributed by atoms with Gasteiger partial charge in [0.1, 0.15) is 0 Å². The molecule has 1 aliphatic carbocycles. The fraction of sp³-hybridized carbons (Fsp3) is 0.533. The van der Waals surface area contributed by atoms with Gasteiger partial charge in [-0.15, -0.1) is 0 Å².